The van der Waals surface area contributed by atoms with E-state index in [0.29, 0.717) is 22.8 Å². The molecule has 0 saturated heterocycles. The van der Waals surface area contributed by atoms with Gasteiger partial charge in [0, 0.05) is 36.6 Å². The summed E-state index contributed by atoms with van der Waals surface area (Å²) < 4.78 is 17.8. The minimum absolute atomic E-state index is 0.139. The average molecular weight is 334 g/mol. The molecule has 4 aromatic rings. The van der Waals surface area contributed by atoms with Gasteiger partial charge in [-0.05, 0) is 18.2 Å². The highest BCUT2D eigenvalue weighted by atomic mass is 19.1. The van der Waals surface area contributed by atoms with Crippen molar-refractivity contribution in [1.29, 1.82) is 0 Å². The number of halogens is 1. The van der Waals surface area contributed by atoms with Crippen molar-refractivity contribution < 1.29 is 9.50 Å². The fraction of sp³-hybridized carbons (Fsp3) is 0.0588. The largest absolute Gasteiger partial charge is 0.508 e. The molecular formula is C17H11FN6O. The maximum atomic E-state index is 14.5. The van der Waals surface area contributed by atoms with Crippen LogP contribution in [0.1, 0.15) is 11.1 Å². The van der Waals surface area contributed by atoms with Crippen LogP contribution in [0.2, 0.25) is 0 Å². The van der Waals surface area contributed by atoms with Gasteiger partial charge < -0.3 is 5.11 Å². The molecule has 122 valence electrons. The summed E-state index contributed by atoms with van der Waals surface area (Å²) in [6, 6.07) is 5.83. The second-order valence-corrected chi connectivity index (χ2v) is 5.80. The number of benzene rings is 1. The van der Waals surface area contributed by atoms with Crippen molar-refractivity contribution in [2.24, 2.45) is 12.0 Å². The van der Waals surface area contributed by atoms with Crippen molar-refractivity contribution in [1.82, 2.24) is 24.4 Å². The third kappa shape index (κ3) is 1.90. The molecule has 25 heavy (non-hydrogen) atoms. The van der Waals surface area contributed by atoms with Crippen LogP contribution in [0.4, 0.5) is 10.2 Å². The van der Waals surface area contributed by atoms with Crippen LogP contribution < -0.4 is 0 Å². The van der Waals surface area contributed by atoms with E-state index in [2.05, 4.69) is 20.2 Å². The number of hydrogen-bond acceptors (Lipinski definition) is 5. The van der Waals surface area contributed by atoms with Gasteiger partial charge in [-0.3, -0.25) is 4.68 Å². The zero-order chi connectivity index (χ0) is 17.1. The third-order valence-corrected chi connectivity index (χ3v) is 4.20. The first-order valence-corrected chi connectivity index (χ1v) is 7.56. The number of fused-ring (bicyclic) bond motifs is 2. The number of hydrogen-bond donors (Lipinski definition) is 1. The van der Waals surface area contributed by atoms with Gasteiger partial charge in [0.15, 0.2) is 5.82 Å². The van der Waals surface area contributed by atoms with E-state index in [1.54, 1.807) is 22.4 Å². The Morgan fingerprint density at radius 1 is 1.12 bits per heavy atom. The Balaban J connectivity index is 1.91. The van der Waals surface area contributed by atoms with Crippen LogP contribution in [0.15, 0.2) is 48.0 Å². The van der Waals surface area contributed by atoms with Crippen molar-refractivity contribution in [3.8, 4) is 17.0 Å². The molecule has 0 unspecified atom stereocenters. The van der Waals surface area contributed by atoms with E-state index in [-0.39, 0.29) is 11.3 Å². The summed E-state index contributed by atoms with van der Waals surface area (Å²) in [5.41, 5.74) is 3.59. The summed E-state index contributed by atoms with van der Waals surface area (Å²) in [6.45, 7) is 0. The summed E-state index contributed by atoms with van der Waals surface area (Å²) in [5, 5.41) is 18.1. The van der Waals surface area contributed by atoms with Crippen LogP contribution in [0.5, 0.6) is 5.75 Å². The Bertz CT molecular complexity index is 1190. The topological polar surface area (TPSA) is 80.6 Å². The monoisotopic (exact) mass is 334 g/mol. The molecule has 0 fully saturated rings. The Hall–Kier alpha value is -3.55. The Kier molecular flexibility index (Phi) is 2.62. The van der Waals surface area contributed by atoms with Crippen molar-refractivity contribution in [2.45, 2.75) is 0 Å². The fourth-order valence-electron chi connectivity index (χ4n) is 3.14. The Morgan fingerprint density at radius 3 is 2.84 bits per heavy atom. The van der Waals surface area contributed by atoms with E-state index in [1.165, 1.54) is 18.5 Å². The van der Waals surface area contributed by atoms with Crippen LogP contribution >= 0.6 is 0 Å². The normalized spacial score (nSPS) is 12.8. The molecule has 1 N–H and O–H groups in total. The highest BCUT2D eigenvalue weighted by Crippen LogP contribution is 2.37. The molecule has 1 aliphatic rings. The second-order valence-electron chi connectivity index (χ2n) is 5.80. The molecule has 1 aromatic carbocycles. The first kappa shape index (κ1) is 13.8. The van der Waals surface area contributed by atoms with Crippen molar-refractivity contribution >= 4 is 17.0 Å². The zero-order valence-electron chi connectivity index (χ0n) is 13.0. The van der Waals surface area contributed by atoms with Crippen LogP contribution in [-0.2, 0) is 7.05 Å². The average Bonchev–Trinajstić information content (AvgIpc) is 3.13. The standard InChI is InChI=1S/C17H11FN6O/c1-23-7-12-15-16-11(4-5-24(16)20-8-19-15)14(21-17(12)22-23)10-3-2-9(25)6-13(10)18/h2-8,25H,1H3. The highest BCUT2D eigenvalue weighted by Gasteiger charge is 2.26. The fourth-order valence-corrected chi connectivity index (χ4v) is 3.14. The van der Waals surface area contributed by atoms with Gasteiger partial charge in [0.1, 0.15) is 29.1 Å². The summed E-state index contributed by atoms with van der Waals surface area (Å²) in [6.07, 6.45) is 5.08. The molecule has 4 heterocycles. The van der Waals surface area contributed by atoms with Gasteiger partial charge in [0.05, 0.1) is 11.3 Å². The minimum Gasteiger partial charge on any atom is -0.508 e. The molecule has 3 aromatic heterocycles. The summed E-state index contributed by atoms with van der Waals surface area (Å²) in [4.78, 5) is 9.01. The second kappa shape index (κ2) is 4.73. The quantitative estimate of drug-likeness (QED) is 0.511. The van der Waals surface area contributed by atoms with Crippen LogP contribution in [0.25, 0.3) is 16.8 Å². The molecule has 0 bridgehead atoms. The zero-order valence-corrected chi connectivity index (χ0v) is 13.0. The van der Waals surface area contributed by atoms with Crippen LogP contribution in [0.3, 0.4) is 0 Å². The van der Waals surface area contributed by atoms with E-state index in [0.717, 1.165) is 17.1 Å². The lowest BCUT2D eigenvalue weighted by Crippen LogP contribution is -2.06. The molecular weight excluding hydrogens is 323 g/mol. The lowest BCUT2D eigenvalue weighted by atomic mass is 10.0. The van der Waals surface area contributed by atoms with Gasteiger partial charge in [-0.15, -0.1) is 0 Å². The number of aromatic nitrogens is 5. The number of aliphatic imine (C=N–C) groups is 1. The molecule has 8 heteroatoms. The molecule has 0 aliphatic carbocycles. The van der Waals surface area contributed by atoms with Gasteiger partial charge in [0.25, 0.3) is 0 Å². The van der Waals surface area contributed by atoms with E-state index >= 15 is 0 Å². The van der Waals surface area contributed by atoms with Gasteiger partial charge in [-0.2, -0.15) is 10.2 Å². The molecule has 5 rings (SSSR count). The summed E-state index contributed by atoms with van der Waals surface area (Å²) in [7, 11) is 1.79. The third-order valence-electron chi connectivity index (χ3n) is 4.20. The first-order valence-electron chi connectivity index (χ1n) is 7.56. The van der Waals surface area contributed by atoms with Crippen LogP contribution in [-0.4, -0.2) is 35.2 Å². The molecule has 0 radical (unpaired) electrons. The molecule has 0 spiro atoms. The minimum atomic E-state index is -0.559. The molecule has 1 aliphatic heterocycles. The number of phenols is 1. The summed E-state index contributed by atoms with van der Waals surface area (Å²) >= 11 is 0. The maximum absolute atomic E-state index is 14.5. The number of phenolic OH excluding ortho intramolecular Hbond substituents is 1. The van der Waals surface area contributed by atoms with Gasteiger partial charge >= 0.3 is 0 Å². The summed E-state index contributed by atoms with van der Waals surface area (Å²) in [5.74, 6) is -0.239. The SMILES string of the molecule is Cn1cc2c(n1)N=C(c1ccc(O)cc1F)c1ccn3ncnc-2c13. The Morgan fingerprint density at radius 2 is 2.00 bits per heavy atom. The van der Waals surface area contributed by atoms with Gasteiger partial charge in [-0.1, -0.05) is 0 Å². The lowest BCUT2D eigenvalue weighted by Gasteiger charge is -2.07. The van der Waals surface area contributed by atoms with E-state index in [4.69, 9.17) is 0 Å². The molecule has 0 atom stereocenters. The number of aryl methyl sites for hydroxylation is 1. The van der Waals surface area contributed by atoms with Gasteiger partial charge in [0.2, 0.25) is 0 Å². The first-order chi connectivity index (χ1) is 12.1. The smallest absolute Gasteiger partial charge is 0.183 e. The van der Waals surface area contributed by atoms with Crippen molar-refractivity contribution in [3.05, 3.63) is 59.9 Å². The Labute approximate surface area is 140 Å². The lowest BCUT2D eigenvalue weighted by molar-refractivity contribution is 0.469. The highest BCUT2D eigenvalue weighted by molar-refractivity contribution is 6.20. The number of aromatic hydroxyl groups is 1. The van der Waals surface area contributed by atoms with E-state index in [1.807, 2.05) is 12.3 Å². The molecule has 0 saturated carbocycles. The van der Waals surface area contributed by atoms with E-state index in [9.17, 15) is 9.50 Å². The van der Waals surface area contributed by atoms with E-state index < -0.39 is 5.82 Å². The van der Waals surface area contributed by atoms with Crippen molar-refractivity contribution in [2.75, 3.05) is 0 Å². The van der Waals surface area contributed by atoms with Crippen LogP contribution in [0, 0.1) is 5.82 Å². The molecule has 7 nitrogen and oxygen atoms in total. The van der Waals surface area contributed by atoms with Crippen molar-refractivity contribution in [3.63, 3.8) is 0 Å². The van der Waals surface area contributed by atoms with Gasteiger partial charge in [-0.25, -0.2) is 18.9 Å². The maximum Gasteiger partial charge on any atom is 0.183 e. The molecule has 0 amide bonds. The number of rotatable bonds is 1. The predicted octanol–water partition coefficient (Wildman–Crippen LogP) is 2.46. The predicted molar refractivity (Wildman–Crippen MR) is 88.6 cm³/mol. The number of nitrogens with zero attached hydrogens (tertiary/aromatic N) is 6.